The Bertz CT molecular complexity index is 864. The number of hydrogen-bond acceptors (Lipinski definition) is 9. The third-order valence-electron chi connectivity index (χ3n) is 5.38. The molecule has 2 fully saturated rings. The van der Waals surface area contributed by atoms with E-state index in [2.05, 4.69) is 29.9 Å². The van der Waals surface area contributed by atoms with Gasteiger partial charge in [-0.15, -0.1) is 0 Å². The molecule has 0 saturated carbocycles. The molecule has 2 amide bonds. The van der Waals surface area contributed by atoms with Crippen molar-refractivity contribution < 1.29 is 9.59 Å². The van der Waals surface area contributed by atoms with Crippen molar-refractivity contribution in [3.63, 3.8) is 0 Å². The van der Waals surface area contributed by atoms with Crippen LogP contribution in [0.15, 0.2) is 60.7 Å². The molecule has 35 heavy (non-hydrogen) atoms. The minimum Gasteiger partial charge on any atom is -0.330 e. The van der Waals surface area contributed by atoms with E-state index in [4.69, 9.17) is 0 Å². The lowest BCUT2D eigenvalue weighted by molar-refractivity contribution is -0.121. The molecule has 0 aliphatic carbocycles. The highest BCUT2D eigenvalue weighted by Crippen LogP contribution is 2.22. The molecular weight excluding hydrogens is 501 g/mol. The average Bonchev–Trinajstić information content (AvgIpc) is 3.49. The minimum absolute atomic E-state index is 0.0312. The first-order chi connectivity index (χ1) is 17.1. The maximum Gasteiger partial charge on any atom is 0.226 e. The highest BCUT2D eigenvalue weighted by molar-refractivity contribution is 8.00. The number of nitrogens with zero attached hydrogens (tertiary/aromatic N) is 2. The SMILES string of the molecule is O=C(Cc1ccccc1)NC1NCN(CCSCCN2CNC(NC(=O)Cc3ccccc3)S2)S1. The van der Waals surface area contributed by atoms with E-state index in [9.17, 15) is 9.59 Å². The molecule has 2 aromatic rings. The summed E-state index contributed by atoms with van der Waals surface area (Å²) in [7, 11) is 0. The fraction of sp³-hybridized carbons (Fsp3) is 0.417. The summed E-state index contributed by atoms with van der Waals surface area (Å²) in [6, 6.07) is 19.6. The fourth-order valence-corrected chi connectivity index (χ4v) is 6.72. The van der Waals surface area contributed by atoms with Crippen molar-refractivity contribution in [2.75, 3.05) is 37.9 Å². The summed E-state index contributed by atoms with van der Waals surface area (Å²) >= 11 is 5.22. The third kappa shape index (κ3) is 9.34. The Labute approximate surface area is 220 Å². The number of rotatable bonds is 12. The Morgan fingerprint density at radius 3 is 1.63 bits per heavy atom. The largest absolute Gasteiger partial charge is 0.330 e. The van der Waals surface area contributed by atoms with Crippen molar-refractivity contribution in [1.29, 1.82) is 0 Å². The van der Waals surface area contributed by atoms with E-state index >= 15 is 0 Å². The molecule has 2 aliphatic heterocycles. The maximum atomic E-state index is 12.2. The standard InChI is InChI=1S/C24H32N6O2S3/c31-21(15-19-7-3-1-4-8-19)27-23-25-17-29(34-23)11-13-33-14-12-30-18-26-24(35-30)28-22(32)16-20-9-5-2-6-10-20/h1-10,23-26H,11-18H2,(H,27,31)(H,28,32). The van der Waals surface area contributed by atoms with Crippen molar-refractivity contribution in [2.45, 2.75) is 23.8 Å². The number of carbonyl (C=O) groups is 2. The Balaban J connectivity index is 1.02. The molecule has 2 heterocycles. The normalized spacial score (nSPS) is 20.7. The fourth-order valence-electron chi connectivity index (χ4n) is 3.63. The van der Waals surface area contributed by atoms with Crippen LogP contribution in [-0.2, 0) is 22.4 Å². The summed E-state index contributed by atoms with van der Waals surface area (Å²) in [6.07, 6.45) is 0.798. The van der Waals surface area contributed by atoms with Gasteiger partial charge in [-0.2, -0.15) is 11.8 Å². The first kappa shape index (κ1) is 26.3. The van der Waals surface area contributed by atoms with Crippen LogP contribution in [0.3, 0.4) is 0 Å². The van der Waals surface area contributed by atoms with Gasteiger partial charge in [-0.3, -0.25) is 20.2 Å². The summed E-state index contributed by atoms with van der Waals surface area (Å²) in [4.78, 5) is 24.5. The van der Waals surface area contributed by atoms with Crippen LogP contribution >= 0.6 is 35.7 Å². The van der Waals surface area contributed by atoms with Gasteiger partial charge in [-0.05, 0) is 35.0 Å². The summed E-state index contributed by atoms with van der Waals surface area (Å²) in [5, 5.41) is 12.8. The molecule has 0 bridgehead atoms. The lowest BCUT2D eigenvalue weighted by Crippen LogP contribution is -2.40. The van der Waals surface area contributed by atoms with Gasteiger partial charge in [0.25, 0.3) is 0 Å². The molecule has 4 rings (SSSR count). The summed E-state index contributed by atoms with van der Waals surface area (Å²) in [6.45, 7) is 3.43. The van der Waals surface area contributed by atoms with Crippen molar-refractivity contribution >= 4 is 47.5 Å². The lowest BCUT2D eigenvalue weighted by atomic mass is 10.1. The van der Waals surface area contributed by atoms with Gasteiger partial charge in [0.1, 0.15) is 11.0 Å². The van der Waals surface area contributed by atoms with Crippen LogP contribution in [0.2, 0.25) is 0 Å². The molecule has 0 radical (unpaired) electrons. The third-order valence-corrected chi connectivity index (χ3v) is 8.54. The molecule has 2 unspecified atom stereocenters. The van der Waals surface area contributed by atoms with E-state index in [0.29, 0.717) is 12.8 Å². The zero-order valence-corrected chi connectivity index (χ0v) is 22.0. The van der Waals surface area contributed by atoms with E-state index in [-0.39, 0.29) is 22.8 Å². The zero-order chi connectivity index (χ0) is 24.3. The quantitative estimate of drug-likeness (QED) is 0.242. The van der Waals surface area contributed by atoms with Gasteiger partial charge in [0, 0.05) is 24.6 Å². The Hall–Kier alpha value is -1.73. The van der Waals surface area contributed by atoms with Crippen LogP contribution in [-0.4, -0.2) is 69.4 Å². The van der Waals surface area contributed by atoms with Crippen molar-refractivity contribution in [3.8, 4) is 0 Å². The number of benzene rings is 2. The molecule has 2 atom stereocenters. The molecule has 0 aromatic heterocycles. The lowest BCUT2D eigenvalue weighted by Gasteiger charge is -2.16. The van der Waals surface area contributed by atoms with Crippen LogP contribution < -0.4 is 21.3 Å². The van der Waals surface area contributed by atoms with Gasteiger partial charge in [-0.25, -0.2) is 8.61 Å². The molecule has 188 valence electrons. The van der Waals surface area contributed by atoms with Crippen LogP contribution in [0.25, 0.3) is 0 Å². The van der Waals surface area contributed by atoms with Gasteiger partial charge in [0.15, 0.2) is 0 Å². The topological polar surface area (TPSA) is 88.7 Å². The maximum absolute atomic E-state index is 12.2. The highest BCUT2D eigenvalue weighted by atomic mass is 32.2. The van der Waals surface area contributed by atoms with Crippen LogP contribution in [0, 0.1) is 0 Å². The highest BCUT2D eigenvalue weighted by Gasteiger charge is 2.25. The first-order valence-corrected chi connectivity index (χ1v) is 14.5. The second-order valence-electron chi connectivity index (χ2n) is 8.18. The Morgan fingerprint density at radius 2 is 1.20 bits per heavy atom. The van der Waals surface area contributed by atoms with Gasteiger partial charge in [0.05, 0.1) is 26.2 Å². The number of nitrogens with one attached hydrogen (secondary N) is 4. The van der Waals surface area contributed by atoms with E-state index in [0.717, 1.165) is 49.1 Å². The minimum atomic E-state index is -0.0719. The first-order valence-electron chi connectivity index (χ1n) is 11.7. The van der Waals surface area contributed by atoms with E-state index < -0.39 is 0 Å². The van der Waals surface area contributed by atoms with Gasteiger partial charge >= 0.3 is 0 Å². The molecular formula is C24H32N6O2S3. The van der Waals surface area contributed by atoms with E-state index in [1.807, 2.05) is 72.4 Å². The predicted molar refractivity (Wildman–Crippen MR) is 146 cm³/mol. The average molecular weight is 533 g/mol. The molecule has 0 spiro atoms. The van der Waals surface area contributed by atoms with Gasteiger partial charge in [0.2, 0.25) is 11.8 Å². The van der Waals surface area contributed by atoms with Crippen LogP contribution in [0.4, 0.5) is 0 Å². The van der Waals surface area contributed by atoms with Gasteiger partial charge < -0.3 is 10.6 Å². The van der Waals surface area contributed by atoms with Crippen LogP contribution in [0.1, 0.15) is 11.1 Å². The number of carbonyl (C=O) groups excluding carboxylic acids is 2. The molecule has 11 heteroatoms. The van der Waals surface area contributed by atoms with Crippen molar-refractivity contribution in [3.05, 3.63) is 71.8 Å². The summed E-state index contributed by atoms with van der Waals surface area (Å²) in [5.41, 5.74) is 1.90. The van der Waals surface area contributed by atoms with Crippen molar-refractivity contribution in [1.82, 2.24) is 29.9 Å². The van der Waals surface area contributed by atoms with E-state index in [1.54, 1.807) is 23.9 Å². The number of amides is 2. The van der Waals surface area contributed by atoms with Gasteiger partial charge in [-0.1, -0.05) is 60.7 Å². The smallest absolute Gasteiger partial charge is 0.226 e. The van der Waals surface area contributed by atoms with Crippen molar-refractivity contribution in [2.24, 2.45) is 0 Å². The van der Waals surface area contributed by atoms with Crippen LogP contribution in [0.5, 0.6) is 0 Å². The second-order valence-corrected chi connectivity index (χ2v) is 11.8. The Kier molecular flexibility index (Phi) is 10.6. The second kappa shape index (κ2) is 14.1. The summed E-state index contributed by atoms with van der Waals surface area (Å²) in [5.74, 6) is 2.12. The molecule has 4 N–H and O–H groups in total. The molecule has 2 aromatic carbocycles. The number of hydrogen-bond donors (Lipinski definition) is 4. The predicted octanol–water partition coefficient (Wildman–Crippen LogP) is 2.03. The zero-order valence-electron chi connectivity index (χ0n) is 19.5. The summed E-state index contributed by atoms with van der Waals surface area (Å²) < 4.78 is 4.51. The Morgan fingerprint density at radius 1 is 0.771 bits per heavy atom. The van der Waals surface area contributed by atoms with E-state index in [1.165, 1.54) is 0 Å². The molecule has 2 aliphatic rings. The number of thioether (sulfide) groups is 1. The molecule has 8 nitrogen and oxygen atoms in total. The monoisotopic (exact) mass is 532 g/mol. The molecule has 2 saturated heterocycles.